The predicted octanol–water partition coefficient (Wildman–Crippen LogP) is 2.39. The Balaban J connectivity index is 2.11. The van der Waals surface area contributed by atoms with Gasteiger partial charge >= 0.3 is 0 Å². The third-order valence-corrected chi connectivity index (χ3v) is 3.81. The molecular formula is C13H16N2OS. The average molecular weight is 248 g/mol. The number of amides is 1. The van der Waals surface area contributed by atoms with Gasteiger partial charge in [-0.3, -0.25) is 4.79 Å². The van der Waals surface area contributed by atoms with Crippen LogP contribution in [0.1, 0.15) is 24.8 Å². The summed E-state index contributed by atoms with van der Waals surface area (Å²) in [5, 5.41) is 2.89. The Morgan fingerprint density at radius 3 is 2.35 bits per heavy atom. The topological polar surface area (TPSA) is 55.1 Å². The molecule has 1 aromatic carbocycles. The number of hydrogen-bond donors (Lipinski definition) is 2. The number of benzene rings is 1. The minimum Gasteiger partial charge on any atom is -0.392 e. The number of carbonyl (C=O) groups is 1. The van der Waals surface area contributed by atoms with E-state index in [0.29, 0.717) is 4.99 Å². The second kappa shape index (κ2) is 4.45. The molecule has 1 saturated carbocycles. The zero-order valence-corrected chi connectivity index (χ0v) is 10.6. The van der Waals surface area contributed by atoms with Gasteiger partial charge in [-0.05, 0) is 31.9 Å². The molecule has 1 aliphatic rings. The molecule has 0 saturated heterocycles. The highest BCUT2D eigenvalue weighted by Gasteiger charge is 2.46. The molecular weight excluding hydrogens is 232 g/mol. The van der Waals surface area contributed by atoms with E-state index in [1.54, 1.807) is 0 Å². The first-order valence-electron chi connectivity index (χ1n) is 5.73. The molecule has 1 fully saturated rings. The summed E-state index contributed by atoms with van der Waals surface area (Å²) in [5.74, 6) is -0.0693. The first-order valence-corrected chi connectivity index (χ1v) is 6.13. The molecule has 90 valence electrons. The molecule has 3 N–H and O–H groups in total. The third-order valence-electron chi connectivity index (χ3n) is 3.42. The SMILES string of the molecule is Cc1ccc(NC(=O)C2(C(N)=S)CCC2)cc1. The largest absolute Gasteiger partial charge is 0.392 e. The minimum absolute atomic E-state index is 0.0693. The zero-order chi connectivity index (χ0) is 12.5. The van der Waals surface area contributed by atoms with Crippen LogP contribution in [0.2, 0.25) is 0 Å². The second-order valence-corrected chi connectivity index (χ2v) is 5.06. The number of nitrogens with one attached hydrogen (secondary N) is 1. The highest BCUT2D eigenvalue weighted by Crippen LogP contribution is 2.42. The van der Waals surface area contributed by atoms with Gasteiger partial charge in [0, 0.05) is 5.69 Å². The molecule has 0 bridgehead atoms. The van der Waals surface area contributed by atoms with E-state index in [4.69, 9.17) is 18.0 Å². The molecule has 0 heterocycles. The fourth-order valence-corrected chi connectivity index (χ4v) is 2.30. The van der Waals surface area contributed by atoms with Crippen molar-refractivity contribution in [2.45, 2.75) is 26.2 Å². The van der Waals surface area contributed by atoms with Crippen molar-refractivity contribution in [1.82, 2.24) is 0 Å². The van der Waals surface area contributed by atoms with Gasteiger partial charge in [0.1, 0.15) is 0 Å². The Morgan fingerprint density at radius 1 is 1.35 bits per heavy atom. The lowest BCUT2D eigenvalue weighted by Crippen LogP contribution is -2.50. The third kappa shape index (κ3) is 2.17. The molecule has 1 aliphatic carbocycles. The number of anilines is 1. The van der Waals surface area contributed by atoms with Crippen LogP contribution in [0.15, 0.2) is 24.3 Å². The van der Waals surface area contributed by atoms with Crippen LogP contribution in [0.4, 0.5) is 5.69 Å². The van der Waals surface area contributed by atoms with E-state index in [2.05, 4.69) is 5.32 Å². The van der Waals surface area contributed by atoms with E-state index in [1.807, 2.05) is 31.2 Å². The van der Waals surface area contributed by atoms with E-state index >= 15 is 0 Å². The predicted molar refractivity (Wildman–Crippen MR) is 72.9 cm³/mol. The van der Waals surface area contributed by atoms with Crippen LogP contribution in [0.25, 0.3) is 0 Å². The van der Waals surface area contributed by atoms with E-state index in [9.17, 15) is 4.79 Å². The molecule has 0 unspecified atom stereocenters. The number of aryl methyl sites for hydroxylation is 1. The summed E-state index contributed by atoms with van der Waals surface area (Å²) < 4.78 is 0. The number of rotatable bonds is 3. The Hall–Kier alpha value is -1.42. The van der Waals surface area contributed by atoms with Crippen molar-refractivity contribution >= 4 is 28.8 Å². The van der Waals surface area contributed by atoms with Gasteiger partial charge < -0.3 is 11.1 Å². The zero-order valence-electron chi connectivity index (χ0n) is 9.82. The van der Waals surface area contributed by atoms with Crippen molar-refractivity contribution in [3.8, 4) is 0 Å². The first kappa shape index (κ1) is 12.0. The van der Waals surface area contributed by atoms with Crippen molar-refractivity contribution in [3.05, 3.63) is 29.8 Å². The van der Waals surface area contributed by atoms with Crippen LogP contribution >= 0.6 is 12.2 Å². The Labute approximate surface area is 106 Å². The van der Waals surface area contributed by atoms with Crippen LogP contribution in [0.3, 0.4) is 0 Å². The summed E-state index contributed by atoms with van der Waals surface area (Å²) in [5.41, 5.74) is 7.03. The van der Waals surface area contributed by atoms with Crippen LogP contribution in [0.5, 0.6) is 0 Å². The summed E-state index contributed by atoms with van der Waals surface area (Å²) in [6.45, 7) is 2.01. The number of hydrogen-bond acceptors (Lipinski definition) is 2. The summed E-state index contributed by atoms with van der Waals surface area (Å²) in [4.78, 5) is 12.5. The molecule has 3 nitrogen and oxygen atoms in total. The van der Waals surface area contributed by atoms with E-state index in [0.717, 1.165) is 30.5 Å². The molecule has 1 aromatic rings. The van der Waals surface area contributed by atoms with Gasteiger partial charge in [0.2, 0.25) is 5.91 Å². The van der Waals surface area contributed by atoms with Crippen LogP contribution < -0.4 is 11.1 Å². The van der Waals surface area contributed by atoms with Gasteiger partial charge in [-0.15, -0.1) is 0 Å². The summed E-state index contributed by atoms with van der Waals surface area (Å²) >= 11 is 5.01. The van der Waals surface area contributed by atoms with Gasteiger partial charge in [0.25, 0.3) is 0 Å². The molecule has 4 heteroatoms. The Morgan fingerprint density at radius 2 is 1.94 bits per heavy atom. The molecule has 0 spiro atoms. The molecule has 17 heavy (non-hydrogen) atoms. The summed E-state index contributed by atoms with van der Waals surface area (Å²) in [7, 11) is 0. The quantitative estimate of drug-likeness (QED) is 0.808. The van der Waals surface area contributed by atoms with Crippen LogP contribution in [-0.2, 0) is 4.79 Å². The maximum atomic E-state index is 12.2. The number of nitrogens with two attached hydrogens (primary N) is 1. The molecule has 1 amide bonds. The first-order chi connectivity index (χ1) is 8.04. The average Bonchev–Trinajstić information content (AvgIpc) is 2.19. The van der Waals surface area contributed by atoms with Gasteiger partial charge in [-0.2, -0.15) is 0 Å². The van der Waals surface area contributed by atoms with Crippen molar-refractivity contribution in [1.29, 1.82) is 0 Å². The fraction of sp³-hybridized carbons (Fsp3) is 0.385. The lowest BCUT2D eigenvalue weighted by molar-refractivity contribution is -0.125. The van der Waals surface area contributed by atoms with Crippen molar-refractivity contribution in [3.63, 3.8) is 0 Å². The van der Waals surface area contributed by atoms with Crippen molar-refractivity contribution < 1.29 is 4.79 Å². The van der Waals surface area contributed by atoms with Gasteiger partial charge in [-0.25, -0.2) is 0 Å². The van der Waals surface area contributed by atoms with Crippen molar-refractivity contribution in [2.75, 3.05) is 5.32 Å². The summed E-state index contributed by atoms with van der Waals surface area (Å²) in [6, 6.07) is 7.70. The van der Waals surface area contributed by atoms with E-state index < -0.39 is 5.41 Å². The highest BCUT2D eigenvalue weighted by atomic mass is 32.1. The Bertz CT molecular complexity index is 449. The minimum atomic E-state index is -0.611. The maximum absolute atomic E-state index is 12.2. The fourth-order valence-electron chi connectivity index (χ4n) is 2.00. The molecule has 0 atom stereocenters. The highest BCUT2D eigenvalue weighted by molar-refractivity contribution is 7.80. The monoisotopic (exact) mass is 248 g/mol. The lowest BCUT2D eigenvalue weighted by Gasteiger charge is -2.39. The van der Waals surface area contributed by atoms with Crippen LogP contribution in [-0.4, -0.2) is 10.9 Å². The Kier molecular flexibility index (Phi) is 3.15. The van der Waals surface area contributed by atoms with E-state index in [-0.39, 0.29) is 5.91 Å². The molecule has 2 rings (SSSR count). The van der Waals surface area contributed by atoms with Crippen LogP contribution in [0, 0.1) is 12.3 Å². The smallest absolute Gasteiger partial charge is 0.237 e. The summed E-state index contributed by atoms with van der Waals surface area (Å²) in [6.07, 6.45) is 2.54. The standard InChI is InChI=1S/C13H16N2OS/c1-9-3-5-10(6-4-9)15-12(16)13(11(14)17)7-2-8-13/h3-6H,2,7-8H2,1H3,(H2,14,17)(H,15,16). The lowest BCUT2D eigenvalue weighted by atomic mass is 9.68. The van der Waals surface area contributed by atoms with Gasteiger partial charge in [-0.1, -0.05) is 36.3 Å². The molecule has 0 aromatic heterocycles. The van der Waals surface area contributed by atoms with Gasteiger partial charge in [0.15, 0.2) is 0 Å². The van der Waals surface area contributed by atoms with Crippen molar-refractivity contribution in [2.24, 2.45) is 11.1 Å². The second-order valence-electron chi connectivity index (χ2n) is 4.62. The molecule has 0 radical (unpaired) electrons. The van der Waals surface area contributed by atoms with E-state index in [1.165, 1.54) is 0 Å². The maximum Gasteiger partial charge on any atom is 0.237 e. The number of carbonyl (C=O) groups excluding carboxylic acids is 1. The normalized spacial score (nSPS) is 17.0. The number of thiocarbonyl (C=S) groups is 1. The van der Waals surface area contributed by atoms with Gasteiger partial charge in [0.05, 0.1) is 10.4 Å². The molecule has 0 aliphatic heterocycles.